The van der Waals surface area contributed by atoms with Gasteiger partial charge in [-0.25, -0.2) is 4.79 Å². The van der Waals surface area contributed by atoms with Crippen LogP contribution in [0.2, 0.25) is 0 Å². The Hall–Kier alpha value is -1.63. The number of nitrogens with one attached hydrogen (secondary N) is 2. The van der Waals surface area contributed by atoms with Gasteiger partial charge in [0.25, 0.3) is 0 Å². The van der Waals surface area contributed by atoms with Crippen molar-refractivity contribution in [2.24, 2.45) is 13.0 Å². The molecule has 0 aliphatic heterocycles. The van der Waals surface area contributed by atoms with E-state index in [9.17, 15) is 4.79 Å². The quantitative estimate of drug-likeness (QED) is 0.808. The van der Waals surface area contributed by atoms with Crippen LogP contribution < -0.4 is 10.6 Å². The molecule has 0 aliphatic carbocycles. The van der Waals surface area contributed by atoms with Crippen LogP contribution in [0.4, 0.5) is 4.79 Å². The second-order valence-corrected chi connectivity index (χ2v) is 5.65. The van der Waals surface area contributed by atoms with Crippen molar-refractivity contribution in [2.45, 2.75) is 32.9 Å². The Morgan fingerprint density at radius 1 is 1.40 bits per heavy atom. The molecule has 0 unspecified atom stereocenters. The normalized spacial score (nSPS) is 14.4. The molecule has 7 nitrogen and oxygen atoms in total. The number of aromatic nitrogens is 3. The van der Waals surface area contributed by atoms with Crippen LogP contribution >= 0.6 is 0 Å². The number of rotatable bonds is 6. The minimum atomic E-state index is -0.187. The molecule has 1 aromatic rings. The number of carbonyl (C=O) groups is 1. The van der Waals surface area contributed by atoms with E-state index in [4.69, 9.17) is 0 Å². The lowest BCUT2D eigenvalue weighted by Gasteiger charge is -2.28. The summed E-state index contributed by atoms with van der Waals surface area (Å²) in [4.78, 5) is 14.0. The van der Waals surface area contributed by atoms with Crippen LogP contribution in [0.15, 0.2) is 6.33 Å². The summed E-state index contributed by atoms with van der Waals surface area (Å²) < 4.78 is 1.79. The van der Waals surface area contributed by atoms with Crippen LogP contribution in [-0.4, -0.2) is 52.4 Å². The van der Waals surface area contributed by atoms with Crippen molar-refractivity contribution in [1.82, 2.24) is 30.3 Å². The van der Waals surface area contributed by atoms with Gasteiger partial charge in [0.2, 0.25) is 0 Å². The summed E-state index contributed by atoms with van der Waals surface area (Å²) in [5.74, 6) is 1.20. The molecular formula is C13H26N6O. The maximum Gasteiger partial charge on any atom is 0.315 e. The second kappa shape index (κ2) is 7.23. The van der Waals surface area contributed by atoms with Gasteiger partial charge in [-0.1, -0.05) is 13.8 Å². The van der Waals surface area contributed by atoms with E-state index in [-0.39, 0.29) is 12.1 Å². The number of nitrogens with zero attached hydrogens (tertiary/aromatic N) is 4. The Bertz CT molecular complexity index is 420. The SMILES string of the molecule is CC(C)[C@@H](CNC(=O)N[C@@H](C)c1nncn1C)N(C)C. The molecule has 0 bridgehead atoms. The average molecular weight is 282 g/mol. The summed E-state index contributed by atoms with van der Waals surface area (Å²) in [6.45, 7) is 6.79. The van der Waals surface area contributed by atoms with Crippen molar-refractivity contribution in [3.8, 4) is 0 Å². The van der Waals surface area contributed by atoms with Crippen molar-refractivity contribution in [3.05, 3.63) is 12.2 Å². The molecule has 2 atom stereocenters. The van der Waals surface area contributed by atoms with E-state index in [2.05, 4.69) is 39.6 Å². The Morgan fingerprint density at radius 3 is 2.50 bits per heavy atom. The zero-order chi connectivity index (χ0) is 15.3. The monoisotopic (exact) mass is 282 g/mol. The molecule has 0 radical (unpaired) electrons. The van der Waals surface area contributed by atoms with E-state index in [1.807, 2.05) is 28.1 Å². The van der Waals surface area contributed by atoms with Crippen LogP contribution in [0, 0.1) is 5.92 Å². The first-order chi connectivity index (χ1) is 9.32. The Labute approximate surface area is 120 Å². The van der Waals surface area contributed by atoms with Crippen LogP contribution in [0.3, 0.4) is 0 Å². The summed E-state index contributed by atoms with van der Waals surface area (Å²) in [5, 5.41) is 13.6. The van der Waals surface area contributed by atoms with Crippen LogP contribution in [0.1, 0.15) is 32.6 Å². The van der Waals surface area contributed by atoms with Crippen LogP contribution in [-0.2, 0) is 7.05 Å². The molecule has 114 valence electrons. The van der Waals surface area contributed by atoms with Gasteiger partial charge < -0.3 is 20.1 Å². The molecular weight excluding hydrogens is 256 g/mol. The first-order valence-electron chi connectivity index (χ1n) is 6.87. The molecule has 20 heavy (non-hydrogen) atoms. The van der Waals surface area contributed by atoms with E-state index in [1.54, 1.807) is 10.9 Å². The third-order valence-electron chi connectivity index (χ3n) is 3.39. The highest BCUT2D eigenvalue weighted by Crippen LogP contribution is 2.08. The van der Waals surface area contributed by atoms with E-state index < -0.39 is 0 Å². The lowest BCUT2D eigenvalue weighted by Crippen LogP contribution is -2.46. The van der Waals surface area contributed by atoms with E-state index >= 15 is 0 Å². The molecule has 0 saturated carbocycles. The highest BCUT2D eigenvalue weighted by Gasteiger charge is 2.18. The third-order valence-corrected chi connectivity index (χ3v) is 3.39. The van der Waals surface area contributed by atoms with Gasteiger partial charge in [0.15, 0.2) is 5.82 Å². The minimum absolute atomic E-state index is 0.181. The summed E-state index contributed by atoms with van der Waals surface area (Å²) >= 11 is 0. The molecule has 0 spiro atoms. The largest absolute Gasteiger partial charge is 0.337 e. The van der Waals surface area contributed by atoms with Gasteiger partial charge >= 0.3 is 6.03 Å². The second-order valence-electron chi connectivity index (χ2n) is 5.65. The van der Waals surface area contributed by atoms with Crippen molar-refractivity contribution in [2.75, 3.05) is 20.6 Å². The number of likely N-dealkylation sites (N-methyl/N-ethyl adjacent to an activating group) is 1. The molecule has 1 heterocycles. The predicted molar refractivity (Wildman–Crippen MR) is 78.3 cm³/mol. The number of urea groups is 1. The number of amides is 2. The smallest absolute Gasteiger partial charge is 0.315 e. The molecule has 1 rings (SSSR count). The number of hydrogen-bond donors (Lipinski definition) is 2. The summed E-state index contributed by atoms with van der Waals surface area (Å²) in [5.41, 5.74) is 0. The van der Waals surface area contributed by atoms with Crippen molar-refractivity contribution in [1.29, 1.82) is 0 Å². The van der Waals surface area contributed by atoms with E-state index in [0.29, 0.717) is 18.5 Å². The first-order valence-corrected chi connectivity index (χ1v) is 6.87. The fourth-order valence-electron chi connectivity index (χ4n) is 2.21. The maximum atomic E-state index is 11.9. The minimum Gasteiger partial charge on any atom is -0.337 e. The lowest BCUT2D eigenvalue weighted by molar-refractivity contribution is 0.211. The van der Waals surface area contributed by atoms with Gasteiger partial charge in [0, 0.05) is 19.6 Å². The standard InChI is InChI=1S/C13H26N6O/c1-9(2)11(18(4)5)7-14-13(20)16-10(3)12-17-15-8-19(12)6/h8-11H,7H2,1-6H3,(H2,14,16,20)/t10-,11+/m0/s1. The van der Waals surface area contributed by atoms with Crippen molar-refractivity contribution >= 4 is 6.03 Å². The average Bonchev–Trinajstić information content (AvgIpc) is 2.74. The number of carbonyl (C=O) groups excluding carboxylic acids is 1. The van der Waals surface area contributed by atoms with E-state index in [0.717, 1.165) is 5.82 Å². The van der Waals surface area contributed by atoms with Gasteiger partial charge in [-0.05, 0) is 26.9 Å². The molecule has 2 amide bonds. The summed E-state index contributed by atoms with van der Waals surface area (Å²) in [6.07, 6.45) is 1.62. The van der Waals surface area contributed by atoms with E-state index in [1.165, 1.54) is 0 Å². The van der Waals surface area contributed by atoms with Gasteiger partial charge in [-0.15, -0.1) is 10.2 Å². The molecule has 0 fully saturated rings. The predicted octanol–water partition coefficient (Wildman–Crippen LogP) is 0.762. The van der Waals surface area contributed by atoms with Crippen LogP contribution in [0.25, 0.3) is 0 Å². The van der Waals surface area contributed by atoms with Gasteiger partial charge in [-0.2, -0.15) is 0 Å². The molecule has 2 N–H and O–H groups in total. The zero-order valence-corrected chi connectivity index (χ0v) is 13.2. The lowest BCUT2D eigenvalue weighted by atomic mass is 10.0. The zero-order valence-electron chi connectivity index (χ0n) is 13.2. The summed E-state index contributed by atoms with van der Waals surface area (Å²) in [6, 6.07) is -0.0572. The van der Waals surface area contributed by atoms with Gasteiger partial charge in [0.1, 0.15) is 6.33 Å². The molecule has 0 aromatic carbocycles. The Morgan fingerprint density at radius 2 is 2.05 bits per heavy atom. The molecule has 0 aliphatic rings. The van der Waals surface area contributed by atoms with Gasteiger partial charge in [0.05, 0.1) is 6.04 Å². The Balaban J connectivity index is 2.46. The van der Waals surface area contributed by atoms with Crippen LogP contribution in [0.5, 0.6) is 0 Å². The molecule has 1 aromatic heterocycles. The fourth-order valence-corrected chi connectivity index (χ4v) is 2.21. The topological polar surface area (TPSA) is 75.1 Å². The van der Waals surface area contributed by atoms with Gasteiger partial charge in [-0.3, -0.25) is 0 Å². The third kappa shape index (κ3) is 4.48. The first kappa shape index (κ1) is 16.4. The fraction of sp³-hybridized carbons (Fsp3) is 0.769. The number of aryl methyl sites for hydroxylation is 1. The number of hydrogen-bond acceptors (Lipinski definition) is 4. The van der Waals surface area contributed by atoms with Crippen molar-refractivity contribution < 1.29 is 4.79 Å². The Kier molecular flexibility index (Phi) is 5.94. The molecule has 7 heteroatoms. The highest BCUT2D eigenvalue weighted by molar-refractivity contribution is 5.74. The summed E-state index contributed by atoms with van der Waals surface area (Å²) in [7, 11) is 5.89. The highest BCUT2D eigenvalue weighted by atomic mass is 16.2. The molecule has 0 saturated heterocycles. The maximum absolute atomic E-state index is 11.9. The van der Waals surface area contributed by atoms with Crippen molar-refractivity contribution in [3.63, 3.8) is 0 Å².